The Bertz CT molecular complexity index is 1130. The van der Waals surface area contributed by atoms with Crippen molar-refractivity contribution in [2.24, 2.45) is 5.73 Å². The predicted molar refractivity (Wildman–Crippen MR) is 148 cm³/mol. The van der Waals surface area contributed by atoms with Gasteiger partial charge in [-0.05, 0) is 60.8 Å². The Morgan fingerprint density at radius 3 is 1.89 bits per heavy atom. The van der Waals surface area contributed by atoms with Crippen LogP contribution in [0.4, 0.5) is 0 Å². The van der Waals surface area contributed by atoms with Crippen molar-refractivity contribution in [2.75, 3.05) is 6.54 Å². The Morgan fingerprint density at radius 2 is 1.26 bits per heavy atom. The molecule has 4 N–H and O–H groups in total. The third-order valence-corrected chi connectivity index (χ3v) is 6.18. The third kappa shape index (κ3) is 11.0. The molecule has 3 aromatic rings. The minimum atomic E-state index is -0.655. The first kappa shape index (κ1) is 28.6. The lowest BCUT2D eigenvalue weighted by Crippen LogP contribution is -2.42. The number of aryl methyl sites for hydroxylation is 2. The van der Waals surface area contributed by atoms with Crippen molar-refractivity contribution in [1.29, 1.82) is 0 Å². The van der Waals surface area contributed by atoms with E-state index in [0.29, 0.717) is 19.4 Å². The van der Waals surface area contributed by atoms with Crippen LogP contribution in [0.3, 0.4) is 0 Å². The van der Waals surface area contributed by atoms with Crippen LogP contribution in [0.1, 0.15) is 47.9 Å². The van der Waals surface area contributed by atoms with Crippen LogP contribution in [0, 0.1) is 0 Å². The van der Waals surface area contributed by atoms with E-state index in [1.807, 2.05) is 60.7 Å². The molecule has 0 radical (unpaired) electrons. The molecule has 0 aliphatic rings. The maximum atomic E-state index is 12.1. The van der Waals surface area contributed by atoms with Crippen molar-refractivity contribution in [2.45, 2.75) is 57.4 Å². The quantitative estimate of drug-likeness (QED) is 0.223. The number of carbonyl (C=O) groups is 3. The zero-order chi connectivity index (χ0) is 27.0. The molecule has 0 saturated heterocycles. The van der Waals surface area contributed by atoms with Crippen LogP contribution in [0.5, 0.6) is 0 Å². The third-order valence-electron chi connectivity index (χ3n) is 6.18. The summed E-state index contributed by atoms with van der Waals surface area (Å²) in [5, 5.41) is 2.72. The Hall–Kier alpha value is -3.97. The van der Waals surface area contributed by atoms with Gasteiger partial charge in [-0.25, -0.2) is 4.79 Å². The van der Waals surface area contributed by atoms with Crippen molar-refractivity contribution in [3.63, 3.8) is 0 Å². The molecule has 0 heterocycles. The highest BCUT2D eigenvalue weighted by atomic mass is 16.7. The van der Waals surface area contributed by atoms with E-state index in [1.165, 1.54) is 11.1 Å². The number of amides is 2. The standard InChI is InChI=1S/C31H37N3O4/c32-28(22-26-14-5-2-6-15-26)31(37)33-21-9-16-30(36)38-34-29(35)23-27-19-17-25(18-20-27)13-8-7-12-24-10-3-1-4-11-24/h1-6,10-11,14-15,17-20,28H,7-9,12-13,16,21-23,32H2,(H,33,37)(H,34,35)/t28-/m0/s1. The van der Waals surface area contributed by atoms with Gasteiger partial charge < -0.3 is 15.9 Å². The molecule has 0 aromatic heterocycles. The van der Waals surface area contributed by atoms with Gasteiger partial charge in [-0.2, -0.15) is 5.48 Å². The molecular formula is C31H37N3O4. The summed E-state index contributed by atoms with van der Waals surface area (Å²) in [5.41, 5.74) is 12.6. The number of hydrogen-bond donors (Lipinski definition) is 3. The summed E-state index contributed by atoms with van der Waals surface area (Å²) in [7, 11) is 0. The lowest BCUT2D eigenvalue weighted by atomic mass is 10.0. The topological polar surface area (TPSA) is 111 Å². The summed E-state index contributed by atoms with van der Waals surface area (Å²) in [6.07, 6.45) is 5.32. The van der Waals surface area contributed by atoms with Crippen molar-refractivity contribution in [3.8, 4) is 0 Å². The molecule has 2 amide bonds. The molecule has 0 aliphatic carbocycles. The van der Waals surface area contributed by atoms with Gasteiger partial charge in [0.2, 0.25) is 5.91 Å². The van der Waals surface area contributed by atoms with Gasteiger partial charge in [0.05, 0.1) is 12.5 Å². The molecule has 0 spiro atoms. The Kier molecular flexibility index (Phi) is 12.0. The van der Waals surface area contributed by atoms with Crippen molar-refractivity contribution >= 4 is 17.8 Å². The monoisotopic (exact) mass is 515 g/mol. The average Bonchev–Trinajstić information content (AvgIpc) is 2.94. The van der Waals surface area contributed by atoms with E-state index in [-0.39, 0.29) is 18.7 Å². The minimum absolute atomic E-state index is 0.0629. The first-order valence-corrected chi connectivity index (χ1v) is 13.2. The molecule has 200 valence electrons. The maximum Gasteiger partial charge on any atom is 0.332 e. The van der Waals surface area contributed by atoms with Gasteiger partial charge >= 0.3 is 5.97 Å². The summed E-state index contributed by atoms with van der Waals surface area (Å²) in [5.74, 6) is -1.23. The van der Waals surface area contributed by atoms with Crippen LogP contribution in [-0.4, -0.2) is 30.4 Å². The number of carbonyl (C=O) groups excluding carboxylic acids is 3. The van der Waals surface area contributed by atoms with Gasteiger partial charge in [0, 0.05) is 13.0 Å². The average molecular weight is 516 g/mol. The molecule has 3 aromatic carbocycles. The summed E-state index contributed by atoms with van der Waals surface area (Å²) < 4.78 is 0. The molecule has 7 nitrogen and oxygen atoms in total. The Labute approximate surface area is 224 Å². The smallest absolute Gasteiger partial charge is 0.332 e. The van der Waals surface area contributed by atoms with Crippen LogP contribution < -0.4 is 16.5 Å². The molecule has 38 heavy (non-hydrogen) atoms. The van der Waals surface area contributed by atoms with Crippen LogP contribution >= 0.6 is 0 Å². The van der Waals surface area contributed by atoms with E-state index in [1.54, 1.807) is 0 Å². The van der Waals surface area contributed by atoms with E-state index in [2.05, 4.69) is 35.1 Å². The molecule has 7 heteroatoms. The number of hydrogen-bond acceptors (Lipinski definition) is 5. The first-order valence-electron chi connectivity index (χ1n) is 13.2. The highest BCUT2D eigenvalue weighted by Crippen LogP contribution is 2.11. The molecule has 0 bridgehead atoms. The highest BCUT2D eigenvalue weighted by molar-refractivity contribution is 5.82. The number of hydroxylamine groups is 1. The van der Waals surface area contributed by atoms with Crippen LogP contribution in [0.2, 0.25) is 0 Å². The van der Waals surface area contributed by atoms with Crippen molar-refractivity contribution in [3.05, 3.63) is 107 Å². The van der Waals surface area contributed by atoms with E-state index in [9.17, 15) is 14.4 Å². The largest absolute Gasteiger partial charge is 0.355 e. The van der Waals surface area contributed by atoms with Crippen LogP contribution in [-0.2, 0) is 44.9 Å². The van der Waals surface area contributed by atoms with Gasteiger partial charge in [-0.3, -0.25) is 9.59 Å². The van der Waals surface area contributed by atoms with E-state index < -0.39 is 17.9 Å². The zero-order valence-corrected chi connectivity index (χ0v) is 21.7. The molecule has 3 rings (SSSR count). The number of rotatable bonds is 14. The summed E-state index contributed by atoms with van der Waals surface area (Å²) in [6.45, 7) is 0.295. The SMILES string of the molecule is N[C@@H](Cc1ccccc1)C(=O)NCCCC(=O)ONC(=O)Cc1ccc(CCCCc2ccccc2)cc1. The number of benzene rings is 3. The fraction of sp³-hybridized carbons (Fsp3) is 0.323. The minimum Gasteiger partial charge on any atom is -0.355 e. The summed E-state index contributed by atoms with van der Waals surface area (Å²) in [6, 6.07) is 27.3. The van der Waals surface area contributed by atoms with Crippen molar-refractivity contribution < 1.29 is 19.2 Å². The molecular weight excluding hydrogens is 478 g/mol. The summed E-state index contributed by atoms with van der Waals surface area (Å²) in [4.78, 5) is 41.0. The molecule has 0 fully saturated rings. The number of unbranched alkanes of at least 4 members (excludes halogenated alkanes) is 1. The van der Waals surface area contributed by atoms with Gasteiger partial charge in [-0.15, -0.1) is 0 Å². The Balaban J connectivity index is 1.24. The first-order chi connectivity index (χ1) is 18.5. The summed E-state index contributed by atoms with van der Waals surface area (Å²) >= 11 is 0. The maximum absolute atomic E-state index is 12.1. The van der Waals surface area contributed by atoms with Crippen LogP contribution in [0.15, 0.2) is 84.9 Å². The lowest BCUT2D eigenvalue weighted by Gasteiger charge is -2.12. The normalized spacial score (nSPS) is 11.4. The zero-order valence-electron chi connectivity index (χ0n) is 21.7. The fourth-order valence-corrected chi connectivity index (χ4v) is 4.05. The molecule has 0 unspecified atom stereocenters. The van der Waals surface area contributed by atoms with E-state index >= 15 is 0 Å². The highest BCUT2D eigenvalue weighted by Gasteiger charge is 2.14. The number of nitrogens with two attached hydrogens (primary N) is 1. The molecule has 1 atom stereocenters. The number of nitrogens with one attached hydrogen (secondary N) is 2. The Morgan fingerprint density at radius 1 is 0.711 bits per heavy atom. The predicted octanol–water partition coefficient (Wildman–Crippen LogP) is 3.84. The van der Waals surface area contributed by atoms with Crippen LogP contribution in [0.25, 0.3) is 0 Å². The van der Waals surface area contributed by atoms with E-state index in [0.717, 1.165) is 36.8 Å². The van der Waals surface area contributed by atoms with Crippen molar-refractivity contribution in [1.82, 2.24) is 10.8 Å². The van der Waals surface area contributed by atoms with Gasteiger partial charge in [0.15, 0.2) is 0 Å². The second-order valence-electron chi connectivity index (χ2n) is 9.38. The lowest BCUT2D eigenvalue weighted by molar-refractivity contribution is -0.158. The van der Waals surface area contributed by atoms with Gasteiger partial charge in [0.25, 0.3) is 5.91 Å². The second kappa shape index (κ2) is 16.0. The van der Waals surface area contributed by atoms with E-state index in [4.69, 9.17) is 10.6 Å². The fourth-order valence-electron chi connectivity index (χ4n) is 4.05. The molecule has 0 saturated carbocycles. The second-order valence-corrected chi connectivity index (χ2v) is 9.38. The van der Waals surface area contributed by atoms with Gasteiger partial charge in [-0.1, -0.05) is 84.9 Å². The van der Waals surface area contributed by atoms with Gasteiger partial charge in [0.1, 0.15) is 0 Å². The molecule has 0 aliphatic heterocycles.